The lowest BCUT2D eigenvalue weighted by atomic mass is 9.74. The van der Waals surface area contributed by atoms with Gasteiger partial charge in [0.2, 0.25) is 0 Å². The van der Waals surface area contributed by atoms with Crippen molar-refractivity contribution in [2.45, 2.75) is 51.6 Å². The molecule has 0 saturated heterocycles. The molecule has 1 aromatic carbocycles. The number of carbonyl (C=O) groups excluding carboxylic acids is 1. The number of hydrogen-bond donors (Lipinski definition) is 2. The minimum atomic E-state index is -0.873. The first-order chi connectivity index (χ1) is 12.4. The molecule has 1 amide bonds. The summed E-state index contributed by atoms with van der Waals surface area (Å²) < 4.78 is 7.40. The summed E-state index contributed by atoms with van der Waals surface area (Å²) in [6.07, 6.45) is 2.37. The van der Waals surface area contributed by atoms with Gasteiger partial charge in [-0.2, -0.15) is 0 Å². The summed E-state index contributed by atoms with van der Waals surface area (Å²) in [7, 11) is 1.68. The van der Waals surface area contributed by atoms with Gasteiger partial charge in [0.1, 0.15) is 0 Å². The molecule has 1 aromatic heterocycles. The predicted molar refractivity (Wildman–Crippen MR) is 99.6 cm³/mol. The van der Waals surface area contributed by atoms with Gasteiger partial charge in [0.05, 0.1) is 18.6 Å². The van der Waals surface area contributed by atoms with Gasteiger partial charge in [-0.15, -0.1) is 0 Å². The Hall–Kier alpha value is -2.34. The average Bonchev–Trinajstić information content (AvgIpc) is 2.81. The molecule has 0 atom stereocenters. The summed E-state index contributed by atoms with van der Waals surface area (Å²) in [4.78, 5) is 23.8. The number of nitrogens with zero attached hydrogens (tertiary/aromatic N) is 1. The van der Waals surface area contributed by atoms with Crippen LogP contribution in [0.1, 0.15) is 47.3 Å². The van der Waals surface area contributed by atoms with Crippen molar-refractivity contribution in [1.29, 1.82) is 0 Å². The van der Waals surface area contributed by atoms with E-state index in [9.17, 15) is 9.59 Å². The van der Waals surface area contributed by atoms with Gasteiger partial charge < -0.3 is 19.7 Å². The van der Waals surface area contributed by atoms with Crippen molar-refractivity contribution >= 4 is 22.8 Å². The van der Waals surface area contributed by atoms with Crippen LogP contribution in [0.2, 0.25) is 0 Å². The van der Waals surface area contributed by atoms with E-state index in [1.165, 1.54) is 0 Å². The summed E-state index contributed by atoms with van der Waals surface area (Å²) in [5.41, 5.74) is 3.37. The number of carboxylic acids is 1. The van der Waals surface area contributed by atoms with Gasteiger partial charge in [0, 0.05) is 35.8 Å². The maximum atomic E-state index is 12.7. The first kappa shape index (κ1) is 18.5. The third-order valence-electron chi connectivity index (χ3n) is 5.60. The Bertz CT molecular complexity index is 849. The molecule has 0 aliphatic heterocycles. The largest absolute Gasteiger partial charge is 0.481 e. The summed E-state index contributed by atoms with van der Waals surface area (Å²) in [5, 5.41) is 13.1. The van der Waals surface area contributed by atoms with Crippen LogP contribution in [-0.2, 0) is 16.1 Å². The molecule has 6 nitrogen and oxygen atoms in total. The highest BCUT2D eigenvalue weighted by atomic mass is 16.5. The van der Waals surface area contributed by atoms with Crippen molar-refractivity contribution in [3.05, 3.63) is 35.0 Å². The number of fused-ring (bicyclic) bond motifs is 1. The molecule has 26 heavy (non-hydrogen) atoms. The molecule has 0 bridgehead atoms. The summed E-state index contributed by atoms with van der Waals surface area (Å²) in [6.45, 7) is 5.52. The molecule has 6 heteroatoms. The van der Waals surface area contributed by atoms with Gasteiger partial charge in [-0.25, -0.2) is 0 Å². The quantitative estimate of drug-likeness (QED) is 0.797. The maximum absolute atomic E-state index is 12.7. The molecule has 2 N–H and O–H groups in total. The van der Waals surface area contributed by atoms with Crippen molar-refractivity contribution in [3.63, 3.8) is 0 Å². The number of carboxylic acid groups (broad SMARTS) is 1. The van der Waals surface area contributed by atoms with E-state index in [0.29, 0.717) is 12.2 Å². The summed E-state index contributed by atoms with van der Waals surface area (Å²) >= 11 is 0. The smallest absolute Gasteiger partial charge is 0.305 e. The van der Waals surface area contributed by atoms with E-state index >= 15 is 0 Å². The van der Waals surface area contributed by atoms with Crippen LogP contribution < -0.4 is 5.32 Å². The topological polar surface area (TPSA) is 80.6 Å². The van der Waals surface area contributed by atoms with E-state index < -0.39 is 11.5 Å². The van der Waals surface area contributed by atoms with Crippen LogP contribution in [0.15, 0.2) is 18.2 Å². The van der Waals surface area contributed by atoms with Crippen molar-refractivity contribution in [2.24, 2.45) is 0 Å². The van der Waals surface area contributed by atoms with E-state index in [0.717, 1.165) is 48.0 Å². The third kappa shape index (κ3) is 3.33. The van der Waals surface area contributed by atoms with E-state index in [-0.39, 0.29) is 12.3 Å². The lowest BCUT2D eigenvalue weighted by molar-refractivity contribution is -0.139. The highest BCUT2D eigenvalue weighted by Gasteiger charge is 2.40. The highest BCUT2D eigenvalue weighted by molar-refractivity contribution is 5.99. The van der Waals surface area contributed by atoms with Gasteiger partial charge in [-0.3, -0.25) is 9.59 Å². The van der Waals surface area contributed by atoms with Crippen LogP contribution in [-0.4, -0.2) is 40.8 Å². The SMILES string of the molecule is COCCn1c(C)c(C)c2cc(C(=O)NC3(CC(=O)O)CCC3)ccc21. The number of hydrogen-bond acceptors (Lipinski definition) is 3. The minimum Gasteiger partial charge on any atom is -0.481 e. The second kappa shape index (κ2) is 7.11. The number of benzene rings is 1. The molecule has 1 heterocycles. The molecule has 1 saturated carbocycles. The number of ether oxygens (including phenoxy) is 1. The second-order valence-corrected chi connectivity index (χ2v) is 7.25. The number of aromatic nitrogens is 1. The minimum absolute atomic E-state index is 0.0213. The van der Waals surface area contributed by atoms with Crippen LogP contribution in [0.25, 0.3) is 10.9 Å². The molecule has 1 aliphatic carbocycles. The van der Waals surface area contributed by atoms with Crippen molar-refractivity contribution < 1.29 is 19.4 Å². The Morgan fingerprint density at radius 2 is 2.04 bits per heavy atom. The number of aliphatic carboxylic acids is 1. The van der Waals surface area contributed by atoms with Gasteiger partial charge in [0.25, 0.3) is 5.91 Å². The van der Waals surface area contributed by atoms with Gasteiger partial charge in [-0.05, 0) is 56.9 Å². The number of carbonyl (C=O) groups is 2. The van der Waals surface area contributed by atoms with Crippen LogP contribution >= 0.6 is 0 Å². The molecule has 3 rings (SSSR count). The fourth-order valence-corrected chi connectivity index (χ4v) is 3.81. The zero-order valence-electron chi connectivity index (χ0n) is 15.6. The predicted octanol–water partition coefficient (Wildman–Crippen LogP) is 3.03. The van der Waals surface area contributed by atoms with Crippen LogP contribution in [0, 0.1) is 13.8 Å². The lowest BCUT2D eigenvalue weighted by Crippen LogP contribution is -2.54. The Morgan fingerprint density at radius 3 is 2.62 bits per heavy atom. The molecular weight excluding hydrogens is 332 g/mol. The van der Waals surface area contributed by atoms with Gasteiger partial charge >= 0.3 is 5.97 Å². The number of rotatable bonds is 7. The fraction of sp³-hybridized carbons (Fsp3) is 0.500. The zero-order chi connectivity index (χ0) is 18.9. The average molecular weight is 358 g/mol. The number of nitrogens with one attached hydrogen (secondary N) is 1. The fourth-order valence-electron chi connectivity index (χ4n) is 3.81. The number of methoxy groups -OCH3 is 1. The first-order valence-electron chi connectivity index (χ1n) is 8.99. The summed E-state index contributed by atoms with van der Waals surface area (Å²) in [5.74, 6) is -1.07. The molecule has 0 unspecified atom stereocenters. The Labute approximate surface area is 153 Å². The molecular formula is C20H26N2O4. The number of amides is 1. The van der Waals surface area contributed by atoms with Gasteiger partial charge in [0.15, 0.2) is 0 Å². The monoisotopic (exact) mass is 358 g/mol. The van der Waals surface area contributed by atoms with Crippen molar-refractivity contribution in [3.8, 4) is 0 Å². The van der Waals surface area contributed by atoms with Crippen LogP contribution in [0.5, 0.6) is 0 Å². The standard InChI is InChI=1S/C20H26N2O4/c1-13-14(2)22(9-10-26-3)17-6-5-15(11-16(13)17)19(25)21-20(7-4-8-20)12-18(23)24/h5-6,11H,4,7-10,12H2,1-3H3,(H,21,25)(H,23,24). The van der Waals surface area contributed by atoms with Crippen LogP contribution in [0.4, 0.5) is 0 Å². The highest BCUT2D eigenvalue weighted by Crippen LogP contribution is 2.35. The first-order valence-corrected chi connectivity index (χ1v) is 8.99. The molecule has 1 aliphatic rings. The van der Waals surface area contributed by atoms with E-state index in [4.69, 9.17) is 9.84 Å². The second-order valence-electron chi connectivity index (χ2n) is 7.25. The Morgan fingerprint density at radius 1 is 1.31 bits per heavy atom. The van der Waals surface area contributed by atoms with E-state index in [1.807, 2.05) is 18.2 Å². The number of aryl methyl sites for hydroxylation is 1. The Kier molecular flexibility index (Phi) is 5.05. The molecule has 0 radical (unpaired) electrons. The molecule has 140 valence electrons. The Balaban J connectivity index is 1.88. The molecule has 2 aromatic rings. The molecule has 1 fully saturated rings. The van der Waals surface area contributed by atoms with Crippen LogP contribution in [0.3, 0.4) is 0 Å². The third-order valence-corrected chi connectivity index (χ3v) is 5.60. The zero-order valence-corrected chi connectivity index (χ0v) is 15.6. The van der Waals surface area contributed by atoms with Crippen molar-refractivity contribution in [2.75, 3.05) is 13.7 Å². The normalized spacial score (nSPS) is 15.7. The maximum Gasteiger partial charge on any atom is 0.305 e. The van der Waals surface area contributed by atoms with Gasteiger partial charge in [-0.1, -0.05) is 0 Å². The molecule has 0 spiro atoms. The lowest BCUT2D eigenvalue weighted by Gasteiger charge is -2.41. The van der Waals surface area contributed by atoms with Crippen molar-refractivity contribution in [1.82, 2.24) is 9.88 Å². The van der Waals surface area contributed by atoms with E-state index in [2.05, 4.69) is 23.7 Å². The van der Waals surface area contributed by atoms with E-state index in [1.54, 1.807) is 7.11 Å². The summed E-state index contributed by atoms with van der Waals surface area (Å²) in [6, 6.07) is 5.68.